The highest BCUT2D eigenvalue weighted by Crippen LogP contribution is 2.12. The van der Waals surface area contributed by atoms with Crippen LogP contribution in [0.15, 0.2) is 18.2 Å². The highest BCUT2D eigenvalue weighted by Gasteiger charge is 2.19. The lowest BCUT2D eigenvalue weighted by Gasteiger charge is -2.05. The zero-order chi connectivity index (χ0) is 13.7. The van der Waals surface area contributed by atoms with Crippen LogP contribution in [0.25, 0.3) is 0 Å². The van der Waals surface area contributed by atoms with E-state index in [0.29, 0.717) is 0 Å². The van der Waals surface area contributed by atoms with Crippen molar-refractivity contribution in [3.05, 3.63) is 35.4 Å². The highest BCUT2D eigenvalue weighted by atomic mass is 19.1. The lowest BCUT2D eigenvalue weighted by molar-refractivity contribution is -0.123. The lowest BCUT2D eigenvalue weighted by Crippen LogP contribution is -2.37. The maximum absolute atomic E-state index is 13.1. The molecule has 0 aliphatic rings. The van der Waals surface area contributed by atoms with E-state index in [-0.39, 0.29) is 0 Å². The molecule has 3 amide bonds. The van der Waals surface area contributed by atoms with Crippen LogP contribution in [-0.2, 0) is 9.53 Å². The number of esters is 1. The van der Waals surface area contributed by atoms with Gasteiger partial charge >= 0.3 is 12.0 Å². The van der Waals surface area contributed by atoms with Crippen LogP contribution in [0.4, 0.5) is 13.6 Å². The molecule has 0 heterocycles. The fourth-order valence-electron chi connectivity index (χ4n) is 1.07. The fourth-order valence-corrected chi connectivity index (χ4v) is 1.07. The normalized spacial score (nSPS) is 9.67. The van der Waals surface area contributed by atoms with Crippen LogP contribution >= 0.6 is 0 Å². The number of hydrogen-bond donors (Lipinski definition) is 2. The van der Waals surface area contributed by atoms with Crippen molar-refractivity contribution < 1.29 is 27.9 Å². The van der Waals surface area contributed by atoms with Crippen molar-refractivity contribution in [1.82, 2.24) is 5.32 Å². The third-order valence-corrected chi connectivity index (χ3v) is 1.76. The maximum Gasteiger partial charge on any atom is 0.344 e. The van der Waals surface area contributed by atoms with E-state index in [1.807, 2.05) is 0 Å². The molecule has 1 aromatic rings. The highest BCUT2D eigenvalue weighted by molar-refractivity contribution is 5.96. The Bertz CT molecular complexity index is 484. The van der Waals surface area contributed by atoms with Gasteiger partial charge in [-0.05, 0) is 12.1 Å². The van der Waals surface area contributed by atoms with Gasteiger partial charge in [0.2, 0.25) is 0 Å². The maximum atomic E-state index is 13.1. The number of urea groups is 1. The van der Waals surface area contributed by atoms with Crippen molar-refractivity contribution in [2.75, 3.05) is 6.61 Å². The number of nitrogens with two attached hydrogens (primary N) is 1. The smallest absolute Gasteiger partial charge is 0.344 e. The van der Waals surface area contributed by atoms with Gasteiger partial charge in [0.05, 0.1) is 0 Å². The zero-order valence-electron chi connectivity index (χ0n) is 8.91. The summed E-state index contributed by atoms with van der Waals surface area (Å²) in [5, 5.41) is 1.61. The molecule has 96 valence electrons. The molecule has 1 aromatic carbocycles. The predicted molar refractivity (Wildman–Crippen MR) is 54.4 cm³/mol. The summed E-state index contributed by atoms with van der Waals surface area (Å²) in [4.78, 5) is 32.4. The molecule has 0 saturated heterocycles. The summed E-state index contributed by atoms with van der Waals surface area (Å²) in [6.45, 7) is -0.879. The van der Waals surface area contributed by atoms with Crippen LogP contribution < -0.4 is 11.1 Å². The van der Waals surface area contributed by atoms with Crippen molar-refractivity contribution in [2.45, 2.75) is 0 Å². The van der Waals surface area contributed by atoms with Gasteiger partial charge in [0.1, 0.15) is 17.2 Å². The number of primary amides is 1. The first-order chi connectivity index (χ1) is 8.41. The Balaban J connectivity index is 2.66. The van der Waals surface area contributed by atoms with Crippen LogP contribution in [0.3, 0.4) is 0 Å². The van der Waals surface area contributed by atoms with Crippen LogP contribution in [0.5, 0.6) is 0 Å². The topological polar surface area (TPSA) is 98.5 Å². The minimum absolute atomic E-state index is 0.864. The summed E-state index contributed by atoms with van der Waals surface area (Å²) in [5.41, 5.74) is 3.72. The number of hydrogen-bond acceptors (Lipinski definition) is 4. The molecule has 0 bridgehead atoms. The average molecular weight is 258 g/mol. The Morgan fingerprint density at radius 3 is 2.28 bits per heavy atom. The van der Waals surface area contributed by atoms with Crippen LogP contribution in [0, 0.1) is 11.6 Å². The number of carbonyl (C=O) groups excluding carboxylic acids is 3. The molecule has 0 aromatic heterocycles. The quantitative estimate of drug-likeness (QED) is 0.762. The Kier molecular flexibility index (Phi) is 4.30. The van der Waals surface area contributed by atoms with E-state index >= 15 is 0 Å². The van der Waals surface area contributed by atoms with Gasteiger partial charge in [0.25, 0.3) is 5.91 Å². The summed E-state index contributed by atoms with van der Waals surface area (Å²) in [7, 11) is 0. The summed E-state index contributed by atoms with van der Waals surface area (Å²) < 4.78 is 30.6. The number of ether oxygens (including phenoxy) is 1. The van der Waals surface area contributed by atoms with E-state index in [1.165, 1.54) is 0 Å². The Labute approximate surface area is 99.7 Å². The van der Waals surface area contributed by atoms with Gasteiger partial charge in [-0.25, -0.2) is 18.4 Å². The summed E-state index contributed by atoms with van der Waals surface area (Å²) in [6.07, 6.45) is 0. The first-order valence-electron chi connectivity index (χ1n) is 4.62. The second-order valence-corrected chi connectivity index (χ2v) is 3.09. The molecular weight excluding hydrogens is 250 g/mol. The first kappa shape index (κ1) is 13.6. The number of imide groups is 1. The molecule has 6 nitrogen and oxygen atoms in total. The minimum atomic E-state index is -1.36. The van der Waals surface area contributed by atoms with Crippen molar-refractivity contribution in [2.24, 2.45) is 5.73 Å². The van der Waals surface area contributed by atoms with E-state index in [1.54, 1.807) is 5.32 Å². The number of carbonyl (C=O) groups is 3. The summed E-state index contributed by atoms with van der Waals surface area (Å²) >= 11 is 0. The first-order valence-corrected chi connectivity index (χ1v) is 4.62. The molecule has 0 aliphatic carbocycles. The summed E-state index contributed by atoms with van der Waals surface area (Å²) in [5.74, 6) is -4.59. The zero-order valence-corrected chi connectivity index (χ0v) is 8.91. The molecule has 0 fully saturated rings. The summed E-state index contributed by atoms with van der Waals surface area (Å²) in [6, 6.07) is 1.67. The van der Waals surface area contributed by atoms with Gasteiger partial charge in [-0.1, -0.05) is 6.07 Å². The van der Waals surface area contributed by atoms with Crippen molar-refractivity contribution in [1.29, 1.82) is 0 Å². The molecular formula is C10H8F2N2O4. The number of amides is 3. The molecule has 1 rings (SSSR count). The molecule has 0 unspecified atom stereocenters. The van der Waals surface area contributed by atoms with Crippen molar-refractivity contribution >= 4 is 17.9 Å². The molecule has 18 heavy (non-hydrogen) atoms. The lowest BCUT2D eigenvalue weighted by atomic mass is 10.2. The SMILES string of the molecule is NC(=O)NC(=O)COC(=O)c1c(F)cccc1F. The molecule has 0 atom stereocenters. The van der Waals surface area contributed by atoms with E-state index in [2.05, 4.69) is 10.5 Å². The van der Waals surface area contributed by atoms with Crippen molar-refractivity contribution in [3.8, 4) is 0 Å². The standard InChI is InChI=1S/C10H8F2N2O4/c11-5-2-1-3-6(12)8(5)9(16)18-4-7(15)14-10(13)17/h1-3H,4H2,(H3,13,14,15,17). The second kappa shape index (κ2) is 5.71. The van der Waals surface area contributed by atoms with Gasteiger partial charge in [-0.2, -0.15) is 0 Å². The van der Waals surface area contributed by atoms with Crippen LogP contribution in [0.2, 0.25) is 0 Å². The van der Waals surface area contributed by atoms with Gasteiger partial charge in [-0.15, -0.1) is 0 Å². The van der Waals surface area contributed by atoms with Gasteiger partial charge in [0, 0.05) is 0 Å². The molecule has 3 N–H and O–H groups in total. The van der Waals surface area contributed by atoms with Gasteiger partial charge in [-0.3, -0.25) is 10.1 Å². The monoisotopic (exact) mass is 258 g/mol. The predicted octanol–water partition coefficient (Wildman–Crippen LogP) is 0.316. The van der Waals surface area contributed by atoms with Crippen molar-refractivity contribution in [3.63, 3.8) is 0 Å². The number of nitrogens with one attached hydrogen (secondary N) is 1. The Morgan fingerprint density at radius 1 is 1.22 bits per heavy atom. The molecule has 0 aliphatic heterocycles. The van der Waals surface area contributed by atoms with Crippen LogP contribution in [0.1, 0.15) is 10.4 Å². The average Bonchev–Trinajstić information content (AvgIpc) is 2.25. The largest absolute Gasteiger partial charge is 0.452 e. The number of halogens is 2. The molecule has 0 radical (unpaired) electrons. The van der Waals surface area contributed by atoms with E-state index in [4.69, 9.17) is 0 Å². The molecule has 8 heteroatoms. The Morgan fingerprint density at radius 2 is 1.78 bits per heavy atom. The second-order valence-electron chi connectivity index (χ2n) is 3.09. The van der Waals surface area contributed by atoms with E-state index < -0.39 is 41.7 Å². The molecule has 0 spiro atoms. The molecule has 0 saturated carbocycles. The third-order valence-electron chi connectivity index (χ3n) is 1.76. The third kappa shape index (κ3) is 3.51. The van der Waals surface area contributed by atoms with Crippen LogP contribution in [-0.4, -0.2) is 24.5 Å². The van der Waals surface area contributed by atoms with E-state index in [9.17, 15) is 23.2 Å². The Hall–Kier alpha value is -2.51. The number of rotatable bonds is 3. The van der Waals surface area contributed by atoms with Gasteiger partial charge < -0.3 is 10.5 Å². The number of benzene rings is 1. The van der Waals surface area contributed by atoms with Gasteiger partial charge in [0.15, 0.2) is 6.61 Å². The van der Waals surface area contributed by atoms with E-state index in [0.717, 1.165) is 18.2 Å². The fraction of sp³-hybridized carbons (Fsp3) is 0.100. The minimum Gasteiger partial charge on any atom is -0.452 e.